The normalized spacial score (nSPS) is 14.0. The Hall–Kier alpha value is -0.950. The quantitative estimate of drug-likeness (QED) is 0.272. The summed E-state index contributed by atoms with van der Waals surface area (Å²) in [5.74, 6) is -2.03. The summed E-state index contributed by atoms with van der Waals surface area (Å²) in [7, 11) is 0. The van der Waals surface area contributed by atoms with E-state index in [4.69, 9.17) is 24.1 Å². The molecule has 1 unspecified atom stereocenters. The maximum atomic E-state index is 11.4. The fourth-order valence-corrected chi connectivity index (χ4v) is 1.07. The van der Waals surface area contributed by atoms with Crippen molar-refractivity contribution in [1.29, 1.82) is 0 Å². The molecule has 0 amide bonds. The summed E-state index contributed by atoms with van der Waals surface area (Å²) in [6.07, 6.45) is 0. The minimum absolute atomic E-state index is 0.0482. The van der Waals surface area contributed by atoms with E-state index in [9.17, 15) is 4.79 Å². The third-order valence-electron chi connectivity index (χ3n) is 1.86. The van der Waals surface area contributed by atoms with Crippen LogP contribution < -0.4 is 0 Å². The van der Waals surface area contributed by atoms with Crippen molar-refractivity contribution >= 4 is 5.97 Å². The van der Waals surface area contributed by atoms with Crippen LogP contribution in [0, 0.1) is 0 Å². The number of rotatable bonds is 10. The molecule has 6 nitrogen and oxygen atoms in total. The summed E-state index contributed by atoms with van der Waals surface area (Å²) in [4.78, 5) is 11.4. The second-order valence-electron chi connectivity index (χ2n) is 3.65. The molecule has 106 valence electrons. The second-order valence-corrected chi connectivity index (χ2v) is 3.65. The van der Waals surface area contributed by atoms with E-state index in [1.54, 1.807) is 13.8 Å². The van der Waals surface area contributed by atoms with Crippen LogP contribution >= 0.6 is 0 Å². The number of hydrogen-bond acceptors (Lipinski definition) is 6. The second kappa shape index (κ2) is 9.04. The SMILES string of the molecule is C=C(C)C(=O)OC(C)(OCC)OCCOCCO. The van der Waals surface area contributed by atoms with Gasteiger partial charge in [0.1, 0.15) is 0 Å². The van der Waals surface area contributed by atoms with Crippen LogP contribution in [-0.2, 0) is 23.7 Å². The van der Waals surface area contributed by atoms with Gasteiger partial charge in [-0.15, -0.1) is 0 Å². The Bertz CT molecular complexity index is 265. The molecule has 0 aromatic carbocycles. The van der Waals surface area contributed by atoms with Gasteiger partial charge < -0.3 is 24.1 Å². The average Bonchev–Trinajstić information content (AvgIpc) is 2.28. The van der Waals surface area contributed by atoms with Crippen LogP contribution in [0.25, 0.3) is 0 Å². The van der Waals surface area contributed by atoms with Crippen molar-refractivity contribution in [3.63, 3.8) is 0 Å². The van der Waals surface area contributed by atoms with Gasteiger partial charge in [0.15, 0.2) is 0 Å². The molecule has 0 aliphatic carbocycles. The predicted octanol–water partition coefficient (Wildman–Crippen LogP) is 0.841. The Kier molecular flexibility index (Phi) is 8.57. The average molecular weight is 262 g/mol. The third kappa shape index (κ3) is 7.39. The first kappa shape index (κ1) is 17.1. The number of aliphatic hydroxyl groups excluding tert-OH is 1. The van der Waals surface area contributed by atoms with Crippen LogP contribution in [0.3, 0.4) is 0 Å². The maximum Gasteiger partial charge on any atom is 0.337 e. The standard InChI is InChI=1S/C12H22O6/c1-5-16-12(4,18-11(14)10(2)3)17-9-8-15-7-6-13/h13H,2,5-9H2,1,3-4H3. The van der Waals surface area contributed by atoms with Crippen molar-refractivity contribution < 1.29 is 28.8 Å². The van der Waals surface area contributed by atoms with E-state index in [0.717, 1.165) is 0 Å². The highest BCUT2D eigenvalue weighted by Gasteiger charge is 2.30. The molecule has 0 radical (unpaired) electrons. The predicted molar refractivity (Wildman–Crippen MR) is 64.8 cm³/mol. The first-order chi connectivity index (χ1) is 8.45. The van der Waals surface area contributed by atoms with E-state index in [1.165, 1.54) is 6.92 Å². The number of aliphatic hydroxyl groups is 1. The third-order valence-corrected chi connectivity index (χ3v) is 1.86. The molecule has 6 heteroatoms. The Balaban J connectivity index is 4.16. The van der Waals surface area contributed by atoms with Gasteiger partial charge in [0.05, 0.1) is 33.0 Å². The topological polar surface area (TPSA) is 74.2 Å². The lowest BCUT2D eigenvalue weighted by Crippen LogP contribution is -2.39. The molecule has 0 aliphatic rings. The Labute approximate surface area is 107 Å². The van der Waals surface area contributed by atoms with Crippen LogP contribution in [-0.4, -0.2) is 50.1 Å². The van der Waals surface area contributed by atoms with Gasteiger partial charge in [-0.1, -0.05) is 6.58 Å². The number of ether oxygens (including phenoxy) is 4. The highest BCUT2D eigenvalue weighted by molar-refractivity contribution is 5.87. The summed E-state index contributed by atoms with van der Waals surface area (Å²) < 4.78 is 20.6. The Morgan fingerprint density at radius 1 is 1.28 bits per heavy atom. The monoisotopic (exact) mass is 262 g/mol. The lowest BCUT2D eigenvalue weighted by molar-refractivity contribution is -0.351. The molecule has 1 atom stereocenters. The van der Waals surface area contributed by atoms with Crippen LogP contribution in [0.5, 0.6) is 0 Å². The van der Waals surface area contributed by atoms with Gasteiger partial charge in [0.2, 0.25) is 0 Å². The zero-order valence-electron chi connectivity index (χ0n) is 11.2. The van der Waals surface area contributed by atoms with E-state index >= 15 is 0 Å². The zero-order valence-corrected chi connectivity index (χ0v) is 11.2. The van der Waals surface area contributed by atoms with Gasteiger partial charge in [-0.05, 0) is 13.8 Å². The van der Waals surface area contributed by atoms with Crippen LogP contribution in [0.1, 0.15) is 20.8 Å². The Morgan fingerprint density at radius 2 is 1.94 bits per heavy atom. The molecule has 0 saturated heterocycles. The van der Waals surface area contributed by atoms with E-state index in [1.807, 2.05) is 0 Å². The zero-order chi connectivity index (χ0) is 14.0. The molecule has 0 rings (SSSR count). The number of carbonyl (C=O) groups is 1. The summed E-state index contributed by atoms with van der Waals surface area (Å²) in [6.45, 7) is 9.26. The van der Waals surface area contributed by atoms with Gasteiger partial charge in [0.25, 0.3) is 0 Å². The van der Waals surface area contributed by atoms with Crippen molar-refractivity contribution in [1.82, 2.24) is 0 Å². The molecule has 0 aliphatic heterocycles. The van der Waals surface area contributed by atoms with Crippen molar-refractivity contribution in [3.8, 4) is 0 Å². The van der Waals surface area contributed by atoms with Gasteiger partial charge >= 0.3 is 11.9 Å². The smallest absolute Gasteiger partial charge is 0.337 e. The minimum atomic E-state index is -1.45. The molecule has 0 aromatic rings. The molecular weight excluding hydrogens is 240 g/mol. The van der Waals surface area contributed by atoms with Gasteiger partial charge in [-0.3, -0.25) is 0 Å². The Morgan fingerprint density at radius 3 is 2.44 bits per heavy atom. The van der Waals surface area contributed by atoms with Gasteiger partial charge in [-0.25, -0.2) is 4.79 Å². The van der Waals surface area contributed by atoms with Crippen LogP contribution in [0.4, 0.5) is 0 Å². The molecule has 1 N–H and O–H groups in total. The first-order valence-corrected chi connectivity index (χ1v) is 5.80. The summed E-state index contributed by atoms with van der Waals surface area (Å²) in [6, 6.07) is 0. The summed E-state index contributed by atoms with van der Waals surface area (Å²) in [5, 5.41) is 8.52. The molecule has 0 saturated carbocycles. The molecular formula is C12H22O6. The van der Waals surface area contributed by atoms with E-state index < -0.39 is 11.9 Å². The first-order valence-electron chi connectivity index (χ1n) is 5.80. The maximum absolute atomic E-state index is 11.4. The summed E-state index contributed by atoms with van der Waals surface area (Å²) >= 11 is 0. The molecule has 0 aromatic heterocycles. The summed E-state index contributed by atoms with van der Waals surface area (Å²) in [5.41, 5.74) is 0.265. The highest BCUT2D eigenvalue weighted by atomic mass is 16.9. The van der Waals surface area contributed by atoms with Crippen LogP contribution in [0.15, 0.2) is 12.2 Å². The van der Waals surface area contributed by atoms with Gasteiger partial charge in [0, 0.05) is 12.5 Å². The van der Waals surface area contributed by atoms with Crippen molar-refractivity contribution in [2.24, 2.45) is 0 Å². The molecule has 18 heavy (non-hydrogen) atoms. The highest BCUT2D eigenvalue weighted by Crippen LogP contribution is 2.16. The number of hydrogen-bond donors (Lipinski definition) is 1. The largest absolute Gasteiger partial charge is 0.405 e. The van der Waals surface area contributed by atoms with Crippen molar-refractivity contribution in [3.05, 3.63) is 12.2 Å². The molecule has 0 fully saturated rings. The number of carbonyl (C=O) groups excluding carboxylic acids is 1. The molecule has 0 spiro atoms. The van der Waals surface area contributed by atoms with E-state index in [0.29, 0.717) is 6.61 Å². The van der Waals surface area contributed by atoms with E-state index in [2.05, 4.69) is 6.58 Å². The lowest BCUT2D eigenvalue weighted by atomic mass is 10.4. The van der Waals surface area contributed by atoms with Crippen LogP contribution in [0.2, 0.25) is 0 Å². The number of esters is 1. The van der Waals surface area contributed by atoms with E-state index in [-0.39, 0.29) is 32.0 Å². The van der Waals surface area contributed by atoms with Gasteiger partial charge in [-0.2, -0.15) is 0 Å². The minimum Gasteiger partial charge on any atom is -0.405 e. The lowest BCUT2D eigenvalue weighted by Gasteiger charge is -2.28. The van der Waals surface area contributed by atoms with Crippen molar-refractivity contribution in [2.75, 3.05) is 33.0 Å². The molecule has 0 bridgehead atoms. The molecule has 0 heterocycles. The fraction of sp³-hybridized carbons (Fsp3) is 0.750. The van der Waals surface area contributed by atoms with Crippen molar-refractivity contribution in [2.45, 2.75) is 26.7 Å². The fourth-order valence-electron chi connectivity index (χ4n) is 1.07.